The number of carbonyl (C=O) groups is 2. The molecule has 7 nitrogen and oxygen atoms in total. The third-order valence-electron chi connectivity index (χ3n) is 8.27. The number of likely N-dealkylation sites (N-methyl/N-ethyl adjacent to an activating group) is 1. The molecule has 2 heterocycles. The van der Waals surface area contributed by atoms with Crippen LogP contribution in [0.2, 0.25) is 5.02 Å². The molecule has 2 aliphatic rings. The number of hydrogen-bond acceptors (Lipinski definition) is 5. The molecule has 2 fully saturated rings. The summed E-state index contributed by atoms with van der Waals surface area (Å²) >= 11 is 6.14. The molecule has 2 saturated heterocycles. The molecule has 0 saturated carbocycles. The number of carbonyl (C=O) groups excluding carboxylic acids is 2. The number of para-hydroxylation sites is 1. The zero-order chi connectivity index (χ0) is 29.0. The zero-order valence-corrected chi connectivity index (χ0v) is 25.0. The van der Waals surface area contributed by atoms with Gasteiger partial charge in [0.2, 0.25) is 11.8 Å². The maximum Gasteiger partial charge on any atom is 0.234 e. The average molecular weight is 572 g/mol. The van der Waals surface area contributed by atoms with Crippen LogP contribution in [0.5, 0.6) is 0 Å². The van der Waals surface area contributed by atoms with Crippen LogP contribution in [0, 0.1) is 17.7 Å². The van der Waals surface area contributed by atoms with E-state index in [-0.39, 0.29) is 48.0 Å². The summed E-state index contributed by atoms with van der Waals surface area (Å²) in [5.74, 6) is -0.231. The lowest BCUT2D eigenvalue weighted by molar-refractivity contribution is -0.135. The molecule has 2 amide bonds. The maximum absolute atomic E-state index is 15.4. The van der Waals surface area contributed by atoms with E-state index < -0.39 is 0 Å². The average Bonchev–Trinajstić information content (AvgIpc) is 3.38. The maximum atomic E-state index is 15.4. The molecule has 0 aliphatic carbocycles. The predicted molar refractivity (Wildman–Crippen MR) is 159 cm³/mol. The standard InChI is InChI=1S/C31H43ClFN5O2/c1-20(2)29(35-28(39)17-34-5)24-7-6-8-27(33)30(24)36-13-15-37(16-14-36)31(40)26-19-38(21(3)4)18-25(26)22-9-11-23(32)12-10-22/h6-12,20-21,25-26,29,34H,13-19H2,1-5H3,(H,35,39)/t25-,26+,29-/m0/s1. The Labute approximate surface area is 243 Å². The molecule has 2 aromatic carbocycles. The molecule has 0 aromatic heterocycles. The van der Waals surface area contributed by atoms with Gasteiger partial charge in [-0.1, -0.05) is 49.7 Å². The summed E-state index contributed by atoms with van der Waals surface area (Å²) in [5.41, 5.74) is 2.43. The van der Waals surface area contributed by atoms with E-state index in [1.165, 1.54) is 6.07 Å². The topological polar surface area (TPSA) is 67.9 Å². The normalized spacial score (nSPS) is 20.8. The summed E-state index contributed by atoms with van der Waals surface area (Å²) in [6.45, 7) is 12.2. The summed E-state index contributed by atoms with van der Waals surface area (Å²) in [6.07, 6.45) is 0. The Bertz CT molecular complexity index is 1170. The minimum Gasteiger partial charge on any atom is -0.365 e. The molecule has 9 heteroatoms. The SMILES string of the molecule is CNCC(=O)N[C@H](c1cccc(F)c1N1CCN(C(=O)[C@@H]2CN(C(C)C)C[C@H]2c2ccc(Cl)cc2)CC1)C(C)C. The van der Waals surface area contributed by atoms with Crippen LogP contribution in [-0.2, 0) is 9.59 Å². The number of rotatable bonds is 9. The van der Waals surface area contributed by atoms with Crippen molar-refractivity contribution in [3.8, 4) is 0 Å². The number of piperazine rings is 1. The van der Waals surface area contributed by atoms with Crippen molar-refractivity contribution in [3.63, 3.8) is 0 Å². The van der Waals surface area contributed by atoms with Crippen molar-refractivity contribution < 1.29 is 14.0 Å². The van der Waals surface area contributed by atoms with Crippen molar-refractivity contribution in [3.05, 3.63) is 64.4 Å². The highest BCUT2D eigenvalue weighted by atomic mass is 35.5. The monoisotopic (exact) mass is 571 g/mol. The van der Waals surface area contributed by atoms with Crippen molar-refractivity contribution in [1.82, 2.24) is 20.4 Å². The van der Waals surface area contributed by atoms with Gasteiger partial charge in [-0.3, -0.25) is 14.5 Å². The lowest BCUT2D eigenvalue weighted by Gasteiger charge is -2.39. The molecule has 3 atom stereocenters. The van der Waals surface area contributed by atoms with Crippen LogP contribution in [0.25, 0.3) is 0 Å². The van der Waals surface area contributed by atoms with Gasteiger partial charge < -0.3 is 20.4 Å². The predicted octanol–water partition coefficient (Wildman–Crippen LogP) is 4.28. The van der Waals surface area contributed by atoms with E-state index in [9.17, 15) is 9.59 Å². The first-order valence-electron chi connectivity index (χ1n) is 14.4. The lowest BCUT2D eigenvalue weighted by Crippen LogP contribution is -2.52. The number of halogens is 2. The van der Waals surface area contributed by atoms with Gasteiger partial charge in [-0.2, -0.15) is 0 Å². The quantitative estimate of drug-likeness (QED) is 0.470. The lowest BCUT2D eigenvalue weighted by atomic mass is 9.88. The smallest absolute Gasteiger partial charge is 0.234 e. The van der Waals surface area contributed by atoms with Crippen LogP contribution in [-0.4, -0.2) is 80.5 Å². The highest BCUT2D eigenvalue weighted by Gasteiger charge is 2.41. The van der Waals surface area contributed by atoms with Crippen LogP contribution in [0.1, 0.15) is 50.8 Å². The van der Waals surface area contributed by atoms with Gasteiger partial charge in [0.1, 0.15) is 5.82 Å². The number of hydrogen-bond donors (Lipinski definition) is 2. The molecule has 0 spiro atoms. The third kappa shape index (κ3) is 6.78. The van der Waals surface area contributed by atoms with Crippen LogP contribution in [0.3, 0.4) is 0 Å². The van der Waals surface area contributed by atoms with Gasteiger partial charge in [0, 0.05) is 61.8 Å². The second kappa shape index (κ2) is 13.3. The van der Waals surface area contributed by atoms with E-state index in [0.717, 1.165) is 24.2 Å². The molecule has 4 rings (SSSR count). The van der Waals surface area contributed by atoms with Gasteiger partial charge in [0.05, 0.1) is 24.2 Å². The number of nitrogens with zero attached hydrogens (tertiary/aromatic N) is 3. The fourth-order valence-corrected chi connectivity index (χ4v) is 6.17. The second-order valence-corrected chi connectivity index (χ2v) is 12.1. The Morgan fingerprint density at radius 1 is 1.00 bits per heavy atom. The van der Waals surface area contributed by atoms with E-state index in [1.807, 2.05) is 54.0 Å². The number of likely N-dealkylation sites (tertiary alicyclic amines) is 1. The minimum atomic E-state index is -0.327. The Morgan fingerprint density at radius 3 is 2.27 bits per heavy atom. The number of benzene rings is 2. The Kier molecular flexibility index (Phi) is 10.1. The van der Waals surface area contributed by atoms with E-state index in [1.54, 1.807) is 13.1 Å². The van der Waals surface area contributed by atoms with Gasteiger partial charge in [0.15, 0.2) is 0 Å². The number of nitrogens with one attached hydrogen (secondary N) is 2. The Hall–Kier alpha value is -2.68. The third-order valence-corrected chi connectivity index (χ3v) is 8.53. The largest absolute Gasteiger partial charge is 0.365 e. The van der Waals surface area contributed by atoms with E-state index >= 15 is 4.39 Å². The van der Waals surface area contributed by atoms with Crippen molar-refractivity contribution in [2.24, 2.45) is 11.8 Å². The summed E-state index contributed by atoms with van der Waals surface area (Å²) in [6, 6.07) is 13.0. The van der Waals surface area contributed by atoms with Crippen LogP contribution in [0.15, 0.2) is 42.5 Å². The fraction of sp³-hybridized carbons (Fsp3) is 0.548. The summed E-state index contributed by atoms with van der Waals surface area (Å²) in [5, 5.41) is 6.63. The van der Waals surface area contributed by atoms with Crippen LogP contribution < -0.4 is 15.5 Å². The fourth-order valence-electron chi connectivity index (χ4n) is 6.04. The van der Waals surface area contributed by atoms with Crippen molar-refractivity contribution in [2.75, 3.05) is 57.8 Å². The van der Waals surface area contributed by atoms with E-state index in [2.05, 4.69) is 29.4 Å². The first kappa shape index (κ1) is 30.3. The minimum absolute atomic E-state index is 0.0697. The number of amides is 2. The van der Waals surface area contributed by atoms with Gasteiger partial charge in [-0.05, 0) is 50.6 Å². The van der Waals surface area contributed by atoms with Crippen molar-refractivity contribution >= 4 is 29.1 Å². The van der Waals surface area contributed by atoms with Gasteiger partial charge in [-0.15, -0.1) is 0 Å². The zero-order valence-electron chi connectivity index (χ0n) is 24.3. The molecular formula is C31H43ClFN5O2. The van der Waals surface area contributed by atoms with E-state index in [4.69, 9.17) is 11.6 Å². The Morgan fingerprint density at radius 2 is 1.68 bits per heavy atom. The molecule has 218 valence electrons. The van der Waals surface area contributed by atoms with Gasteiger partial charge >= 0.3 is 0 Å². The van der Waals surface area contributed by atoms with E-state index in [0.29, 0.717) is 42.9 Å². The van der Waals surface area contributed by atoms with Crippen LogP contribution in [0.4, 0.5) is 10.1 Å². The van der Waals surface area contributed by atoms with Gasteiger partial charge in [0.25, 0.3) is 0 Å². The summed E-state index contributed by atoms with van der Waals surface area (Å²) in [7, 11) is 1.72. The van der Waals surface area contributed by atoms with Crippen LogP contribution >= 0.6 is 11.6 Å². The highest BCUT2D eigenvalue weighted by molar-refractivity contribution is 6.30. The molecular weight excluding hydrogens is 529 g/mol. The molecule has 0 bridgehead atoms. The summed E-state index contributed by atoms with van der Waals surface area (Å²) in [4.78, 5) is 32.7. The first-order valence-corrected chi connectivity index (χ1v) is 14.7. The molecule has 0 radical (unpaired) electrons. The molecule has 2 aliphatic heterocycles. The molecule has 0 unspecified atom stereocenters. The number of anilines is 1. The van der Waals surface area contributed by atoms with Crippen molar-refractivity contribution in [2.45, 2.75) is 45.7 Å². The molecule has 2 aromatic rings. The molecule has 40 heavy (non-hydrogen) atoms. The molecule has 2 N–H and O–H groups in total. The second-order valence-electron chi connectivity index (χ2n) is 11.6. The highest BCUT2D eigenvalue weighted by Crippen LogP contribution is 2.37. The Balaban J connectivity index is 1.50. The summed E-state index contributed by atoms with van der Waals surface area (Å²) < 4.78 is 15.4. The van der Waals surface area contributed by atoms with Crippen molar-refractivity contribution in [1.29, 1.82) is 0 Å². The van der Waals surface area contributed by atoms with Gasteiger partial charge in [-0.25, -0.2) is 4.39 Å². The first-order chi connectivity index (χ1) is 19.1.